The molecule has 1 fully saturated rings. The molecule has 2 aromatic rings. The number of hydrogen-bond donors (Lipinski definition) is 4. The Balaban J connectivity index is 2.26. The highest BCUT2D eigenvalue weighted by molar-refractivity contribution is 6.32. The summed E-state index contributed by atoms with van der Waals surface area (Å²) in [6, 6.07) is 0. The van der Waals surface area contributed by atoms with Gasteiger partial charge < -0.3 is 20.7 Å². The average Bonchev–Trinajstić information content (AvgIpc) is 2.96. The monoisotopic (exact) mass is 376 g/mol. The van der Waals surface area contributed by atoms with Crippen molar-refractivity contribution in [2.45, 2.75) is 23.3 Å². The number of anilines is 1. The van der Waals surface area contributed by atoms with Gasteiger partial charge in [-0.15, -0.1) is 0 Å². The maximum absolute atomic E-state index is 14.2. The van der Waals surface area contributed by atoms with Crippen LogP contribution in [0.4, 0.5) is 10.3 Å². The van der Waals surface area contributed by atoms with Crippen LogP contribution in [-0.4, -0.2) is 48.4 Å². The van der Waals surface area contributed by atoms with Crippen LogP contribution < -0.4 is 11.3 Å². The Kier molecular flexibility index (Phi) is 4.19. The lowest BCUT2D eigenvalue weighted by Crippen LogP contribution is -2.41. The Morgan fingerprint density at radius 3 is 2.96 bits per heavy atom. The van der Waals surface area contributed by atoms with E-state index in [-0.39, 0.29) is 17.0 Å². The van der Waals surface area contributed by atoms with Crippen LogP contribution >= 0.6 is 23.2 Å². The highest BCUT2D eigenvalue weighted by atomic mass is 35.5. The van der Waals surface area contributed by atoms with E-state index in [1.165, 1.54) is 0 Å². The van der Waals surface area contributed by atoms with Crippen LogP contribution in [-0.2, 0) is 4.74 Å². The number of H-pyrrole nitrogens is 1. The summed E-state index contributed by atoms with van der Waals surface area (Å²) >= 11 is 11.8. The summed E-state index contributed by atoms with van der Waals surface area (Å²) in [6.45, 7) is -0.562. The minimum atomic E-state index is -1.80. The second-order valence-electron chi connectivity index (χ2n) is 5.18. The predicted octanol–water partition coefficient (Wildman–Crippen LogP) is -0.126. The molecule has 8 nitrogen and oxygen atoms in total. The molecule has 24 heavy (non-hydrogen) atoms. The summed E-state index contributed by atoms with van der Waals surface area (Å²) in [5.41, 5.74) is 4.56. The molecule has 128 valence electrons. The van der Waals surface area contributed by atoms with Crippen molar-refractivity contribution < 1.29 is 19.3 Å². The van der Waals surface area contributed by atoms with Crippen molar-refractivity contribution in [3.63, 3.8) is 0 Å². The molecule has 0 spiro atoms. The topological polar surface area (TPSA) is 126 Å². The van der Waals surface area contributed by atoms with E-state index in [0.717, 1.165) is 10.8 Å². The van der Waals surface area contributed by atoms with Crippen LogP contribution in [0.5, 0.6) is 0 Å². The number of fused-ring (bicyclic) bond motifs is 1. The molecule has 0 amide bonds. The highest BCUT2D eigenvalue weighted by Crippen LogP contribution is 2.44. The van der Waals surface area contributed by atoms with Gasteiger partial charge in [0, 0.05) is 11.6 Å². The summed E-state index contributed by atoms with van der Waals surface area (Å²) in [5, 5.41) is 21.3. The smallest absolute Gasteiger partial charge is 0.264 e. The zero-order valence-electron chi connectivity index (χ0n) is 11.8. The number of aliphatic hydroxyl groups is 2. The first-order valence-corrected chi connectivity index (χ1v) is 7.41. The molecule has 2 aromatic heterocycles. The van der Waals surface area contributed by atoms with E-state index < -0.39 is 41.3 Å². The van der Waals surface area contributed by atoms with Crippen molar-refractivity contribution in [1.29, 1.82) is 0 Å². The molecule has 1 aliphatic heterocycles. The lowest BCUT2D eigenvalue weighted by Gasteiger charge is -2.25. The number of aromatic nitrogens is 3. The van der Waals surface area contributed by atoms with Crippen LogP contribution in [0.2, 0.25) is 0 Å². The molecule has 0 radical (unpaired) electrons. The first-order chi connectivity index (χ1) is 11.3. The molecule has 2 unspecified atom stereocenters. The number of hydrogen-bond acceptors (Lipinski definition) is 6. The Bertz CT molecular complexity index is 920. The molecule has 1 saturated heterocycles. The first-order valence-electron chi connectivity index (χ1n) is 6.65. The fourth-order valence-corrected chi connectivity index (χ4v) is 3.23. The summed E-state index contributed by atoms with van der Waals surface area (Å²) in [4.78, 5) is 16.1. The number of aliphatic hydroxyl groups excluding tert-OH is 2. The fourth-order valence-electron chi connectivity index (χ4n) is 2.68. The zero-order valence-corrected chi connectivity index (χ0v) is 13.3. The molecular formula is C13H11Cl2FN4O4. The van der Waals surface area contributed by atoms with Gasteiger partial charge in [-0.05, 0) is 11.6 Å². The van der Waals surface area contributed by atoms with Crippen molar-refractivity contribution in [1.82, 2.24) is 14.5 Å². The molecular weight excluding hydrogens is 366 g/mol. The third kappa shape index (κ3) is 2.35. The van der Waals surface area contributed by atoms with Crippen molar-refractivity contribution in [3.8, 4) is 11.3 Å². The number of rotatable bonds is 2. The van der Waals surface area contributed by atoms with Crippen LogP contribution in [0.15, 0.2) is 11.0 Å². The number of aromatic amines is 1. The molecule has 0 bridgehead atoms. The maximum Gasteiger partial charge on any atom is 0.264 e. The number of nitrogens with zero attached hydrogens (tertiary/aromatic N) is 2. The predicted molar refractivity (Wildman–Crippen MR) is 83.9 cm³/mol. The zero-order chi connectivity index (χ0) is 17.6. The molecule has 0 aromatic carbocycles. The number of halogens is 3. The van der Waals surface area contributed by atoms with Crippen molar-refractivity contribution >= 4 is 40.2 Å². The second kappa shape index (κ2) is 5.91. The number of nitrogen functional groups attached to an aromatic ring is 1. The van der Waals surface area contributed by atoms with Crippen molar-refractivity contribution in [2.24, 2.45) is 0 Å². The van der Waals surface area contributed by atoms with Crippen molar-refractivity contribution in [3.05, 3.63) is 22.4 Å². The van der Waals surface area contributed by atoms with Gasteiger partial charge in [0.15, 0.2) is 22.6 Å². The SMILES string of the molecule is Nc1nc2c(c(F)cn2[C@@H]2O[C@H](CO)C(O)C2(Cl)C#CCl)c(=O)[nH]1. The largest absolute Gasteiger partial charge is 0.394 e. The van der Waals surface area contributed by atoms with Crippen LogP contribution in [0.3, 0.4) is 0 Å². The van der Waals surface area contributed by atoms with Crippen LogP contribution in [0.1, 0.15) is 6.23 Å². The van der Waals surface area contributed by atoms with Crippen LogP contribution in [0.25, 0.3) is 11.0 Å². The van der Waals surface area contributed by atoms with E-state index in [4.69, 9.17) is 33.7 Å². The Labute approximate surface area is 143 Å². The molecule has 11 heteroatoms. The minimum Gasteiger partial charge on any atom is -0.394 e. The third-order valence-corrected chi connectivity index (χ3v) is 4.37. The quantitative estimate of drug-likeness (QED) is 0.427. The minimum absolute atomic E-state index is 0.147. The number of nitrogens with one attached hydrogen (secondary N) is 1. The molecule has 5 N–H and O–H groups in total. The summed E-state index contributed by atoms with van der Waals surface area (Å²) < 4.78 is 20.7. The van der Waals surface area contributed by atoms with Gasteiger partial charge in [0.05, 0.1) is 6.61 Å². The lowest BCUT2D eigenvalue weighted by molar-refractivity contribution is -0.0436. The Morgan fingerprint density at radius 1 is 1.62 bits per heavy atom. The molecule has 0 aliphatic carbocycles. The van der Waals surface area contributed by atoms with Gasteiger partial charge in [0.1, 0.15) is 17.6 Å². The molecule has 1 aliphatic rings. The third-order valence-electron chi connectivity index (χ3n) is 3.77. The van der Waals surface area contributed by atoms with Gasteiger partial charge in [0.2, 0.25) is 5.95 Å². The lowest BCUT2D eigenvalue weighted by atomic mass is 9.99. The Morgan fingerprint density at radius 2 is 2.33 bits per heavy atom. The molecule has 3 heterocycles. The van der Waals surface area contributed by atoms with Crippen LogP contribution in [0, 0.1) is 17.1 Å². The van der Waals surface area contributed by atoms with E-state index in [1.807, 2.05) is 0 Å². The standard InChI is InChI=1S/C13H11Cl2FN4O4/c14-2-1-13(15)8(22)6(4-21)24-11(13)20-3-5(16)7-9(20)18-12(17)19-10(7)23/h3,6,8,11,21-22H,4H2,(H3,17,18,19,23)/t6-,8?,11-,13?/m1/s1. The second-order valence-corrected chi connectivity index (χ2v) is 5.99. The van der Waals surface area contributed by atoms with Gasteiger partial charge in [-0.3, -0.25) is 14.3 Å². The van der Waals surface area contributed by atoms with E-state index in [9.17, 15) is 19.4 Å². The van der Waals surface area contributed by atoms with E-state index in [0.29, 0.717) is 0 Å². The van der Waals surface area contributed by atoms with E-state index in [1.54, 1.807) is 0 Å². The molecule has 4 atom stereocenters. The summed E-state index contributed by atoms with van der Waals surface area (Å²) in [7, 11) is 0. The van der Waals surface area contributed by atoms with E-state index in [2.05, 4.69) is 21.3 Å². The Hall–Kier alpha value is -1.83. The van der Waals surface area contributed by atoms with Gasteiger partial charge in [0.25, 0.3) is 5.56 Å². The van der Waals surface area contributed by atoms with Gasteiger partial charge >= 0.3 is 0 Å². The fraction of sp³-hybridized carbons (Fsp3) is 0.385. The highest BCUT2D eigenvalue weighted by Gasteiger charge is 2.56. The normalized spacial score (nSPS) is 29.6. The van der Waals surface area contributed by atoms with Crippen molar-refractivity contribution in [2.75, 3.05) is 12.3 Å². The van der Waals surface area contributed by atoms with Gasteiger partial charge in [-0.25, -0.2) is 4.39 Å². The van der Waals surface area contributed by atoms with E-state index >= 15 is 0 Å². The summed E-state index contributed by atoms with van der Waals surface area (Å²) in [6.07, 6.45) is -2.88. The summed E-state index contributed by atoms with van der Waals surface area (Å²) in [5.74, 6) is 1.26. The van der Waals surface area contributed by atoms with Gasteiger partial charge in [-0.1, -0.05) is 17.5 Å². The molecule has 3 rings (SSSR count). The van der Waals surface area contributed by atoms with Gasteiger partial charge in [-0.2, -0.15) is 4.98 Å². The number of nitrogens with two attached hydrogens (primary N) is 1. The first kappa shape index (κ1) is 17.0. The average molecular weight is 377 g/mol. The number of alkyl halides is 1. The number of ether oxygens (including phenoxy) is 1. The molecule has 0 saturated carbocycles. The maximum atomic E-state index is 14.2.